The Morgan fingerprint density at radius 1 is 1.40 bits per heavy atom. The Bertz CT molecular complexity index is 394. The highest BCUT2D eigenvalue weighted by Gasteiger charge is 2.41. The maximum absolute atomic E-state index is 11.0. The van der Waals surface area contributed by atoms with Gasteiger partial charge in [-0.05, 0) is 13.0 Å². The molecule has 0 bridgehead atoms. The molecular formula is C12H12O3. The third kappa shape index (κ3) is 1.61. The van der Waals surface area contributed by atoms with E-state index >= 15 is 0 Å². The van der Waals surface area contributed by atoms with Crippen LogP contribution < -0.4 is 0 Å². The van der Waals surface area contributed by atoms with Crippen LogP contribution in [0.5, 0.6) is 0 Å². The second kappa shape index (κ2) is 3.42. The molecule has 15 heavy (non-hydrogen) atoms. The zero-order valence-corrected chi connectivity index (χ0v) is 8.53. The summed E-state index contributed by atoms with van der Waals surface area (Å²) >= 11 is 0. The van der Waals surface area contributed by atoms with Crippen molar-refractivity contribution in [3.05, 3.63) is 48.0 Å². The molecule has 0 spiro atoms. The number of carbonyl (C=O) groups is 1. The molecule has 0 aliphatic carbocycles. The molecule has 3 heteroatoms. The zero-order valence-electron chi connectivity index (χ0n) is 8.53. The monoisotopic (exact) mass is 204 g/mol. The van der Waals surface area contributed by atoms with Gasteiger partial charge in [-0.25, -0.2) is 4.79 Å². The summed E-state index contributed by atoms with van der Waals surface area (Å²) in [7, 11) is 0. The Morgan fingerprint density at radius 3 is 2.53 bits per heavy atom. The number of ether oxygens (including phenoxy) is 2. The smallest absolute Gasteiger partial charge is 0.429 e. The summed E-state index contributed by atoms with van der Waals surface area (Å²) in [6.07, 6.45) is 0.957. The van der Waals surface area contributed by atoms with E-state index in [-0.39, 0.29) is 6.61 Å². The highest BCUT2D eigenvalue weighted by Crippen LogP contribution is 2.32. The van der Waals surface area contributed by atoms with Crippen LogP contribution >= 0.6 is 0 Å². The summed E-state index contributed by atoms with van der Waals surface area (Å²) in [6.45, 7) is 5.89. The highest BCUT2D eigenvalue weighted by molar-refractivity contribution is 5.64. The van der Waals surface area contributed by atoms with Crippen molar-refractivity contribution < 1.29 is 14.3 Å². The Hall–Kier alpha value is -1.77. The minimum Gasteiger partial charge on any atom is -0.429 e. The van der Waals surface area contributed by atoms with Crippen LogP contribution in [-0.2, 0) is 15.1 Å². The summed E-state index contributed by atoms with van der Waals surface area (Å²) in [5, 5.41) is 0. The van der Waals surface area contributed by atoms with Crippen LogP contribution in [0, 0.1) is 6.92 Å². The first-order valence-corrected chi connectivity index (χ1v) is 4.73. The van der Waals surface area contributed by atoms with Crippen LogP contribution in [0.25, 0.3) is 0 Å². The molecule has 1 aliphatic rings. The number of hydrogen-bond donors (Lipinski definition) is 0. The minimum absolute atomic E-state index is 0.193. The Labute approximate surface area is 88.3 Å². The molecule has 78 valence electrons. The average Bonchev–Trinajstić information content (AvgIpc) is 2.62. The number of rotatable bonds is 2. The van der Waals surface area contributed by atoms with Crippen molar-refractivity contribution in [2.24, 2.45) is 0 Å². The predicted molar refractivity (Wildman–Crippen MR) is 55.5 cm³/mol. The molecule has 1 aromatic carbocycles. The van der Waals surface area contributed by atoms with E-state index in [4.69, 9.17) is 9.47 Å². The summed E-state index contributed by atoms with van der Waals surface area (Å²) in [5.41, 5.74) is 1.22. The van der Waals surface area contributed by atoms with Crippen molar-refractivity contribution in [3.8, 4) is 0 Å². The first kappa shape index (κ1) is 9.77. The van der Waals surface area contributed by atoms with Crippen molar-refractivity contribution >= 4 is 6.16 Å². The molecule has 1 saturated heterocycles. The molecule has 1 atom stereocenters. The molecule has 1 fully saturated rings. The second-order valence-corrected chi connectivity index (χ2v) is 3.60. The molecule has 0 saturated carbocycles. The van der Waals surface area contributed by atoms with Gasteiger partial charge in [0, 0.05) is 5.56 Å². The van der Waals surface area contributed by atoms with Gasteiger partial charge in [0.1, 0.15) is 6.61 Å². The van der Waals surface area contributed by atoms with Gasteiger partial charge in [-0.1, -0.05) is 36.4 Å². The quantitative estimate of drug-likeness (QED) is 0.548. The lowest BCUT2D eigenvalue weighted by molar-refractivity contribution is 0.0887. The fraction of sp³-hybridized carbons (Fsp3) is 0.250. The van der Waals surface area contributed by atoms with E-state index in [1.54, 1.807) is 6.08 Å². The lowest BCUT2D eigenvalue weighted by atomic mass is 9.94. The third-order valence-electron chi connectivity index (χ3n) is 2.54. The topological polar surface area (TPSA) is 35.5 Å². The van der Waals surface area contributed by atoms with Gasteiger partial charge in [-0.2, -0.15) is 0 Å². The van der Waals surface area contributed by atoms with Crippen molar-refractivity contribution in [2.45, 2.75) is 12.5 Å². The van der Waals surface area contributed by atoms with Crippen LogP contribution in [-0.4, -0.2) is 12.8 Å². The number of carbonyl (C=O) groups excluding carboxylic acids is 1. The summed E-state index contributed by atoms with van der Waals surface area (Å²) in [5.74, 6) is 0. The molecule has 0 amide bonds. The highest BCUT2D eigenvalue weighted by atomic mass is 16.8. The first-order chi connectivity index (χ1) is 7.16. The van der Waals surface area contributed by atoms with Gasteiger partial charge < -0.3 is 9.47 Å². The fourth-order valence-corrected chi connectivity index (χ4v) is 1.57. The third-order valence-corrected chi connectivity index (χ3v) is 2.54. The number of cyclic esters (lactones) is 2. The molecule has 0 N–H and O–H groups in total. The minimum atomic E-state index is -0.815. The average molecular weight is 204 g/mol. The largest absolute Gasteiger partial charge is 0.509 e. The van der Waals surface area contributed by atoms with Gasteiger partial charge in [0.05, 0.1) is 0 Å². The van der Waals surface area contributed by atoms with E-state index in [2.05, 4.69) is 6.58 Å². The van der Waals surface area contributed by atoms with Crippen molar-refractivity contribution in [1.29, 1.82) is 0 Å². The van der Waals surface area contributed by atoms with Crippen LogP contribution in [0.1, 0.15) is 11.1 Å². The summed E-state index contributed by atoms with van der Waals surface area (Å²) in [4.78, 5) is 11.0. The Balaban J connectivity index is 2.38. The van der Waals surface area contributed by atoms with E-state index in [9.17, 15) is 4.79 Å². The number of hydrogen-bond acceptors (Lipinski definition) is 3. The molecule has 1 aliphatic heterocycles. The van der Waals surface area contributed by atoms with Crippen LogP contribution in [0.2, 0.25) is 0 Å². The van der Waals surface area contributed by atoms with Crippen molar-refractivity contribution in [2.75, 3.05) is 6.61 Å². The number of benzene rings is 1. The van der Waals surface area contributed by atoms with Crippen molar-refractivity contribution in [3.63, 3.8) is 0 Å². The molecule has 2 rings (SSSR count). The summed E-state index contributed by atoms with van der Waals surface area (Å²) < 4.78 is 9.96. The Morgan fingerprint density at radius 2 is 2.07 bits per heavy atom. The molecule has 3 nitrogen and oxygen atoms in total. The maximum Gasteiger partial charge on any atom is 0.509 e. The van der Waals surface area contributed by atoms with Crippen LogP contribution in [0.3, 0.4) is 0 Å². The molecule has 0 unspecified atom stereocenters. The lowest BCUT2D eigenvalue weighted by Crippen LogP contribution is -2.25. The Kier molecular flexibility index (Phi) is 2.23. The molecular weight excluding hydrogens is 192 g/mol. The predicted octanol–water partition coefficient (Wildman–Crippen LogP) is 2.54. The first-order valence-electron chi connectivity index (χ1n) is 4.73. The van der Waals surface area contributed by atoms with Crippen LogP contribution in [0.15, 0.2) is 36.9 Å². The molecule has 0 aromatic heterocycles. The van der Waals surface area contributed by atoms with Crippen molar-refractivity contribution in [1.82, 2.24) is 0 Å². The fourth-order valence-electron chi connectivity index (χ4n) is 1.57. The summed E-state index contributed by atoms with van der Waals surface area (Å²) in [6, 6.07) is 7.76. The van der Waals surface area contributed by atoms with E-state index in [0.29, 0.717) is 0 Å². The normalized spacial score (nSPS) is 24.5. The lowest BCUT2D eigenvalue weighted by Gasteiger charge is -2.20. The SMILES string of the molecule is C=C[C@@]1(c2ccc(C)cc2)COC(=O)O1. The van der Waals surface area contributed by atoms with Gasteiger partial charge in [-0.15, -0.1) is 0 Å². The van der Waals surface area contributed by atoms with E-state index < -0.39 is 11.8 Å². The maximum atomic E-state index is 11.0. The van der Waals surface area contributed by atoms with Gasteiger partial charge in [0.15, 0.2) is 5.60 Å². The number of aryl methyl sites for hydroxylation is 1. The van der Waals surface area contributed by atoms with Crippen LogP contribution in [0.4, 0.5) is 4.79 Å². The molecule has 0 radical (unpaired) electrons. The van der Waals surface area contributed by atoms with Gasteiger partial charge in [0.2, 0.25) is 0 Å². The molecule has 1 heterocycles. The second-order valence-electron chi connectivity index (χ2n) is 3.60. The van der Waals surface area contributed by atoms with E-state index in [1.807, 2.05) is 31.2 Å². The molecule has 1 aromatic rings. The standard InChI is InChI=1S/C12H12O3/c1-3-12(8-14-11(13)15-12)10-6-4-9(2)5-7-10/h3-7H,1,8H2,2H3/t12-/m0/s1. The zero-order chi connectivity index (χ0) is 10.9. The van der Waals surface area contributed by atoms with E-state index in [1.165, 1.54) is 0 Å². The van der Waals surface area contributed by atoms with Gasteiger partial charge in [-0.3, -0.25) is 0 Å². The van der Waals surface area contributed by atoms with E-state index in [0.717, 1.165) is 11.1 Å². The van der Waals surface area contributed by atoms with Gasteiger partial charge in [0.25, 0.3) is 0 Å². The van der Waals surface area contributed by atoms with Gasteiger partial charge >= 0.3 is 6.16 Å².